The number of nitrogens with two attached hydrogens (primary N) is 2. The molecule has 0 saturated carbocycles. The predicted molar refractivity (Wildman–Crippen MR) is 76.6 cm³/mol. The molecule has 7 heteroatoms. The number of hydrogen-bond donors (Lipinski definition) is 3. The summed E-state index contributed by atoms with van der Waals surface area (Å²) in [6.07, 6.45) is 0. The van der Waals surface area contributed by atoms with Crippen LogP contribution in [0, 0.1) is 12.7 Å². The third-order valence-electron chi connectivity index (χ3n) is 2.79. The van der Waals surface area contributed by atoms with Crippen LogP contribution < -0.4 is 16.2 Å². The van der Waals surface area contributed by atoms with Crippen LogP contribution in [0.15, 0.2) is 41.3 Å². The van der Waals surface area contributed by atoms with Gasteiger partial charge >= 0.3 is 0 Å². The maximum Gasteiger partial charge on any atom is 0.240 e. The summed E-state index contributed by atoms with van der Waals surface area (Å²) in [6, 6.07) is 8.60. The molecule has 0 saturated heterocycles. The Morgan fingerprint density at radius 1 is 1.15 bits per heavy atom. The summed E-state index contributed by atoms with van der Waals surface area (Å²) in [5.74, 6) is -0.368. The monoisotopic (exact) mass is 295 g/mol. The van der Waals surface area contributed by atoms with Gasteiger partial charge in [0, 0.05) is 11.4 Å². The van der Waals surface area contributed by atoms with Gasteiger partial charge in [-0.25, -0.2) is 17.9 Å². The largest absolute Gasteiger partial charge is 0.398 e. The summed E-state index contributed by atoms with van der Waals surface area (Å²) < 4.78 is 35.7. The number of nitrogens with one attached hydrogen (secondary N) is 1. The zero-order valence-corrected chi connectivity index (χ0v) is 11.5. The smallest absolute Gasteiger partial charge is 0.240 e. The number of benzene rings is 2. The molecule has 0 amide bonds. The van der Waals surface area contributed by atoms with Crippen LogP contribution in [0.3, 0.4) is 0 Å². The van der Waals surface area contributed by atoms with Gasteiger partial charge in [0.05, 0.1) is 5.69 Å². The van der Waals surface area contributed by atoms with Crippen LogP contribution in [0.1, 0.15) is 5.56 Å². The molecule has 0 spiro atoms. The lowest BCUT2D eigenvalue weighted by Crippen LogP contribution is -2.14. The van der Waals surface area contributed by atoms with Gasteiger partial charge in [-0.15, -0.1) is 0 Å². The van der Waals surface area contributed by atoms with Gasteiger partial charge in [0.25, 0.3) is 0 Å². The molecular formula is C13H14FN3O2S. The molecule has 2 aromatic carbocycles. The number of rotatable bonds is 3. The quantitative estimate of drug-likeness (QED) is 0.755. The molecule has 0 aromatic heterocycles. The summed E-state index contributed by atoms with van der Waals surface area (Å²) >= 11 is 0. The minimum absolute atomic E-state index is 0.0338. The molecule has 0 radical (unpaired) electrons. The molecule has 0 atom stereocenters. The van der Waals surface area contributed by atoms with Crippen LogP contribution in [0.2, 0.25) is 0 Å². The molecule has 5 nitrogen and oxygen atoms in total. The van der Waals surface area contributed by atoms with Gasteiger partial charge < -0.3 is 11.1 Å². The highest BCUT2D eigenvalue weighted by atomic mass is 32.2. The molecule has 20 heavy (non-hydrogen) atoms. The van der Waals surface area contributed by atoms with Crippen molar-refractivity contribution in [2.45, 2.75) is 11.8 Å². The lowest BCUT2D eigenvalue weighted by atomic mass is 10.2. The maximum absolute atomic E-state index is 13.2. The van der Waals surface area contributed by atoms with E-state index in [2.05, 4.69) is 5.32 Å². The Bertz CT molecular complexity index is 760. The highest BCUT2D eigenvalue weighted by molar-refractivity contribution is 7.89. The minimum atomic E-state index is -3.85. The van der Waals surface area contributed by atoms with E-state index in [1.807, 2.05) is 6.92 Å². The summed E-state index contributed by atoms with van der Waals surface area (Å²) in [6.45, 7) is 1.82. The Morgan fingerprint density at radius 3 is 2.45 bits per heavy atom. The Kier molecular flexibility index (Phi) is 3.65. The number of sulfonamides is 1. The third-order valence-corrected chi connectivity index (χ3v) is 3.78. The predicted octanol–water partition coefficient (Wildman–Crippen LogP) is 2.11. The van der Waals surface area contributed by atoms with E-state index >= 15 is 0 Å². The molecule has 0 aliphatic carbocycles. The summed E-state index contributed by atoms with van der Waals surface area (Å²) in [7, 11) is -3.85. The Balaban J connectivity index is 2.36. The van der Waals surface area contributed by atoms with E-state index in [-0.39, 0.29) is 16.4 Å². The van der Waals surface area contributed by atoms with Crippen LogP contribution in [0.5, 0.6) is 0 Å². The first-order valence-corrected chi connectivity index (χ1v) is 7.27. The molecule has 2 aromatic rings. The van der Waals surface area contributed by atoms with E-state index in [0.29, 0.717) is 11.4 Å². The van der Waals surface area contributed by atoms with Crippen molar-refractivity contribution in [1.82, 2.24) is 0 Å². The average Bonchev–Trinajstić information content (AvgIpc) is 2.32. The fourth-order valence-electron chi connectivity index (χ4n) is 1.77. The van der Waals surface area contributed by atoms with Gasteiger partial charge in [-0.3, -0.25) is 0 Å². The van der Waals surface area contributed by atoms with E-state index in [0.717, 1.165) is 5.56 Å². The van der Waals surface area contributed by atoms with E-state index in [4.69, 9.17) is 10.9 Å². The number of primary sulfonamides is 1. The van der Waals surface area contributed by atoms with Crippen molar-refractivity contribution in [3.05, 3.63) is 47.8 Å². The fourth-order valence-corrected chi connectivity index (χ4v) is 2.41. The van der Waals surface area contributed by atoms with Gasteiger partial charge in [0.1, 0.15) is 10.7 Å². The number of nitrogen functional groups attached to an aromatic ring is 1. The first kappa shape index (κ1) is 14.3. The normalized spacial score (nSPS) is 11.3. The molecule has 0 fully saturated rings. The van der Waals surface area contributed by atoms with Crippen LogP contribution >= 0.6 is 0 Å². The Morgan fingerprint density at radius 2 is 1.85 bits per heavy atom. The zero-order valence-electron chi connectivity index (χ0n) is 10.7. The lowest BCUT2D eigenvalue weighted by molar-refractivity contribution is 0.598. The van der Waals surface area contributed by atoms with Crippen LogP contribution in [-0.4, -0.2) is 8.42 Å². The SMILES string of the molecule is Cc1ccc(F)cc1Nc1ccc(S(N)(=O)=O)c(N)c1. The van der Waals surface area contributed by atoms with E-state index in [9.17, 15) is 12.8 Å². The van der Waals surface area contributed by atoms with Gasteiger partial charge in [-0.05, 0) is 42.8 Å². The molecule has 106 valence electrons. The standard InChI is InChI=1S/C13H14FN3O2S/c1-8-2-3-9(14)6-12(8)17-10-4-5-13(11(15)7-10)20(16,18)19/h2-7,17H,15H2,1H3,(H2,16,18,19). The molecular weight excluding hydrogens is 281 g/mol. The van der Waals surface area contributed by atoms with Crippen molar-refractivity contribution < 1.29 is 12.8 Å². The number of halogens is 1. The summed E-state index contributed by atoms with van der Waals surface area (Å²) in [5, 5.41) is 8.00. The molecule has 0 aliphatic rings. The minimum Gasteiger partial charge on any atom is -0.398 e. The highest BCUT2D eigenvalue weighted by Gasteiger charge is 2.12. The molecule has 0 aliphatic heterocycles. The summed E-state index contributed by atoms with van der Waals surface area (Å²) in [4.78, 5) is -0.140. The van der Waals surface area contributed by atoms with Crippen molar-refractivity contribution in [2.24, 2.45) is 5.14 Å². The Hall–Kier alpha value is -2.12. The second-order valence-electron chi connectivity index (χ2n) is 4.38. The topological polar surface area (TPSA) is 98.2 Å². The highest BCUT2D eigenvalue weighted by Crippen LogP contribution is 2.26. The average molecular weight is 295 g/mol. The van der Waals surface area contributed by atoms with Crippen molar-refractivity contribution in [1.29, 1.82) is 0 Å². The second-order valence-corrected chi connectivity index (χ2v) is 5.91. The van der Waals surface area contributed by atoms with Crippen LogP contribution in [-0.2, 0) is 10.0 Å². The number of aryl methyl sites for hydroxylation is 1. The first-order chi connectivity index (χ1) is 9.27. The van der Waals surface area contributed by atoms with E-state index < -0.39 is 10.0 Å². The van der Waals surface area contributed by atoms with Gasteiger partial charge in [0.15, 0.2) is 0 Å². The first-order valence-electron chi connectivity index (χ1n) is 5.73. The van der Waals surface area contributed by atoms with E-state index in [1.165, 1.54) is 30.3 Å². The van der Waals surface area contributed by atoms with Crippen LogP contribution in [0.25, 0.3) is 0 Å². The van der Waals surface area contributed by atoms with Gasteiger partial charge in [-0.2, -0.15) is 0 Å². The van der Waals surface area contributed by atoms with Gasteiger partial charge in [0.2, 0.25) is 10.0 Å². The summed E-state index contributed by atoms with van der Waals surface area (Å²) in [5.41, 5.74) is 7.66. The van der Waals surface area contributed by atoms with Crippen molar-refractivity contribution in [2.75, 3.05) is 11.1 Å². The third kappa shape index (κ3) is 3.06. The van der Waals surface area contributed by atoms with Crippen LogP contribution in [0.4, 0.5) is 21.5 Å². The molecule has 5 N–H and O–H groups in total. The van der Waals surface area contributed by atoms with E-state index in [1.54, 1.807) is 6.07 Å². The Labute approximate surface area is 116 Å². The van der Waals surface area contributed by atoms with Crippen molar-refractivity contribution in [3.8, 4) is 0 Å². The molecule has 0 bridgehead atoms. The number of anilines is 3. The second kappa shape index (κ2) is 5.10. The maximum atomic E-state index is 13.2. The molecule has 0 heterocycles. The number of hydrogen-bond acceptors (Lipinski definition) is 4. The van der Waals surface area contributed by atoms with Gasteiger partial charge in [-0.1, -0.05) is 6.07 Å². The molecule has 0 unspecified atom stereocenters. The fraction of sp³-hybridized carbons (Fsp3) is 0.0769. The zero-order chi connectivity index (χ0) is 14.9. The lowest BCUT2D eigenvalue weighted by Gasteiger charge is -2.11. The van der Waals surface area contributed by atoms with Crippen molar-refractivity contribution in [3.63, 3.8) is 0 Å². The molecule has 2 rings (SSSR count). The van der Waals surface area contributed by atoms with Crippen molar-refractivity contribution >= 4 is 27.1 Å².